The van der Waals surface area contributed by atoms with E-state index in [1.165, 1.54) is 6.20 Å². The Hall–Kier alpha value is -3.64. The molecule has 3 aromatic rings. The molecule has 0 spiro atoms. The van der Waals surface area contributed by atoms with Gasteiger partial charge in [0, 0.05) is 31.6 Å². The molecule has 6 nitrogen and oxygen atoms in total. The van der Waals surface area contributed by atoms with Crippen molar-refractivity contribution >= 4 is 40.6 Å². The minimum Gasteiger partial charge on any atom is -0.378 e. The number of nitrogens with one attached hydrogen (secondary N) is 2. The van der Waals surface area contributed by atoms with Gasteiger partial charge in [0.05, 0.1) is 16.3 Å². The van der Waals surface area contributed by atoms with E-state index in [-0.39, 0.29) is 5.91 Å². The molecular weight excluding hydrogens is 400 g/mol. The van der Waals surface area contributed by atoms with E-state index in [0.717, 1.165) is 11.3 Å². The number of pyridine rings is 1. The lowest BCUT2D eigenvalue weighted by atomic mass is 10.1. The van der Waals surface area contributed by atoms with Gasteiger partial charge < -0.3 is 15.5 Å². The van der Waals surface area contributed by atoms with Crippen molar-refractivity contribution in [3.63, 3.8) is 0 Å². The van der Waals surface area contributed by atoms with Crippen LogP contribution in [0.4, 0.5) is 11.5 Å². The molecule has 152 valence electrons. The molecular formula is C23H21ClN4O2. The molecule has 2 amide bonds. The Bertz CT molecular complexity index is 1080. The number of anilines is 2. The van der Waals surface area contributed by atoms with Gasteiger partial charge in [0.15, 0.2) is 0 Å². The third kappa shape index (κ3) is 5.04. The fourth-order valence-corrected chi connectivity index (χ4v) is 2.80. The molecule has 3 rings (SSSR count). The Kier molecular flexibility index (Phi) is 6.49. The van der Waals surface area contributed by atoms with Crippen molar-refractivity contribution in [3.8, 4) is 0 Å². The first-order chi connectivity index (χ1) is 14.3. The number of hydrogen-bond donors (Lipinski definition) is 2. The van der Waals surface area contributed by atoms with E-state index >= 15 is 0 Å². The molecule has 0 radical (unpaired) electrons. The van der Waals surface area contributed by atoms with Gasteiger partial charge in [-0.2, -0.15) is 0 Å². The summed E-state index contributed by atoms with van der Waals surface area (Å²) in [6.07, 6.45) is 1.44. The highest BCUT2D eigenvalue weighted by Gasteiger charge is 2.15. The number of carbonyl (C=O) groups excluding carboxylic acids is 2. The Balaban J connectivity index is 1.75. The summed E-state index contributed by atoms with van der Waals surface area (Å²) in [6.45, 7) is 4.01. The topological polar surface area (TPSA) is 74.3 Å². The van der Waals surface area contributed by atoms with Gasteiger partial charge in [-0.3, -0.25) is 9.59 Å². The average Bonchev–Trinajstić information content (AvgIpc) is 2.75. The highest BCUT2D eigenvalue weighted by molar-refractivity contribution is 6.30. The van der Waals surface area contributed by atoms with Crippen molar-refractivity contribution < 1.29 is 9.59 Å². The van der Waals surface area contributed by atoms with Crippen LogP contribution in [-0.4, -0.2) is 35.8 Å². The van der Waals surface area contributed by atoms with Crippen LogP contribution in [0.2, 0.25) is 5.02 Å². The fourth-order valence-electron chi connectivity index (χ4n) is 2.69. The molecule has 0 fully saturated rings. The monoisotopic (exact) mass is 420 g/mol. The zero-order valence-corrected chi connectivity index (χ0v) is 17.4. The summed E-state index contributed by atoms with van der Waals surface area (Å²) in [5, 5.41) is 5.97. The van der Waals surface area contributed by atoms with E-state index in [9.17, 15) is 9.59 Å². The number of nitrogens with zero attached hydrogens (tertiary/aromatic N) is 2. The van der Waals surface area contributed by atoms with Crippen LogP contribution in [0.1, 0.15) is 26.3 Å². The lowest BCUT2D eigenvalue weighted by Crippen LogP contribution is -2.18. The number of hydrogen-bond acceptors (Lipinski definition) is 4. The normalized spacial score (nSPS) is 10.2. The second-order valence-corrected chi connectivity index (χ2v) is 7.17. The van der Waals surface area contributed by atoms with Crippen molar-refractivity contribution in [2.75, 3.05) is 24.7 Å². The molecule has 0 aliphatic heterocycles. The van der Waals surface area contributed by atoms with Crippen LogP contribution in [0.15, 0.2) is 73.4 Å². The molecule has 0 bridgehead atoms. The molecule has 2 N–H and O–H groups in total. The quantitative estimate of drug-likeness (QED) is 0.602. The number of amides is 2. The number of aromatic nitrogens is 1. The van der Waals surface area contributed by atoms with Gasteiger partial charge in [0.1, 0.15) is 5.82 Å². The maximum atomic E-state index is 12.7. The van der Waals surface area contributed by atoms with Crippen LogP contribution < -0.4 is 10.6 Å². The summed E-state index contributed by atoms with van der Waals surface area (Å²) in [4.78, 5) is 31.3. The maximum Gasteiger partial charge on any atom is 0.258 e. The van der Waals surface area contributed by atoms with Crippen LogP contribution >= 0.6 is 11.6 Å². The standard InChI is InChI=1S/C23H21ClN4O2/c1-15(28(2)3)16-8-10-17(11-9-16)22(29)26-20-7-5-4-6-19(20)23(30)27-21-13-12-18(24)14-25-21/h4-14H,1H2,2-3H3,(H,26,29)(H,25,27,30). The van der Waals surface area contributed by atoms with E-state index in [4.69, 9.17) is 11.6 Å². The van der Waals surface area contributed by atoms with Crippen molar-refractivity contribution in [1.82, 2.24) is 9.88 Å². The third-order valence-electron chi connectivity index (χ3n) is 4.41. The minimum absolute atomic E-state index is 0.318. The number of rotatable bonds is 6. The fraction of sp³-hybridized carbons (Fsp3) is 0.0870. The second-order valence-electron chi connectivity index (χ2n) is 6.73. The third-order valence-corrected chi connectivity index (χ3v) is 4.63. The van der Waals surface area contributed by atoms with Gasteiger partial charge in [-0.25, -0.2) is 4.98 Å². The number of halogens is 1. The molecule has 7 heteroatoms. The first-order valence-corrected chi connectivity index (χ1v) is 9.53. The highest BCUT2D eigenvalue weighted by atomic mass is 35.5. The molecule has 1 aromatic heterocycles. The molecule has 1 heterocycles. The van der Waals surface area contributed by atoms with Gasteiger partial charge >= 0.3 is 0 Å². The van der Waals surface area contributed by atoms with Crippen LogP contribution in [0.3, 0.4) is 0 Å². The van der Waals surface area contributed by atoms with E-state index in [1.54, 1.807) is 48.5 Å². The van der Waals surface area contributed by atoms with Crippen LogP contribution in [0, 0.1) is 0 Å². The summed E-state index contributed by atoms with van der Waals surface area (Å²) in [6, 6.07) is 17.1. The zero-order chi connectivity index (χ0) is 21.7. The Morgan fingerprint density at radius 2 is 1.57 bits per heavy atom. The Labute approximate surface area is 180 Å². The van der Waals surface area contributed by atoms with Crippen LogP contribution in [0.25, 0.3) is 5.70 Å². The minimum atomic E-state index is -0.390. The summed E-state index contributed by atoms with van der Waals surface area (Å²) in [5.74, 6) is -0.345. The van der Waals surface area contributed by atoms with Crippen molar-refractivity contribution in [1.29, 1.82) is 0 Å². The molecule has 0 saturated heterocycles. The van der Waals surface area contributed by atoms with Gasteiger partial charge in [0.25, 0.3) is 11.8 Å². The average molecular weight is 421 g/mol. The molecule has 0 unspecified atom stereocenters. The van der Waals surface area contributed by atoms with Crippen molar-refractivity contribution in [2.24, 2.45) is 0 Å². The van der Waals surface area contributed by atoms with E-state index in [1.807, 2.05) is 31.1 Å². The Morgan fingerprint density at radius 3 is 2.20 bits per heavy atom. The summed E-state index contributed by atoms with van der Waals surface area (Å²) >= 11 is 5.82. The van der Waals surface area contributed by atoms with Gasteiger partial charge in [-0.1, -0.05) is 42.4 Å². The summed E-state index contributed by atoms with van der Waals surface area (Å²) in [5.41, 5.74) is 2.96. The molecule has 0 atom stereocenters. The van der Waals surface area contributed by atoms with Crippen LogP contribution in [-0.2, 0) is 0 Å². The van der Waals surface area contributed by atoms with Gasteiger partial charge in [-0.15, -0.1) is 0 Å². The molecule has 30 heavy (non-hydrogen) atoms. The lowest BCUT2D eigenvalue weighted by molar-refractivity contribution is 0.102. The Morgan fingerprint density at radius 1 is 0.900 bits per heavy atom. The van der Waals surface area contributed by atoms with Crippen molar-refractivity contribution in [2.45, 2.75) is 0 Å². The molecule has 0 aliphatic carbocycles. The predicted molar refractivity (Wildman–Crippen MR) is 121 cm³/mol. The maximum absolute atomic E-state index is 12.7. The number of para-hydroxylation sites is 1. The van der Waals surface area contributed by atoms with Crippen molar-refractivity contribution in [3.05, 3.63) is 95.2 Å². The van der Waals surface area contributed by atoms with E-state index < -0.39 is 5.91 Å². The number of benzene rings is 2. The first-order valence-electron chi connectivity index (χ1n) is 9.15. The molecule has 0 saturated carbocycles. The zero-order valence-electron chi connectivity index (χ0n) is 16.6. The van der Waals surface area contributed by atoms with Gasteiger partial charge in [0.2, 0.25) is 0 Å². The molecule has 2 aromatic carbocycles. The summed E-state index contributed by atoms with van der Waals surface area (Å²) < 4.78 is 0. The predicted octanol–water partition coefficient (Wildman–Crippen LogP) is 4.77. The summed E-state index contributed by atoms with van der Waals surface area (Å²) in [7, 11) is 3.81. The highest BCUT2D eigenvalue weighted by Crippen LogP contribution is 2.20. The molecule has 0 aliphatic rings. The second kappa shape index (κ2) is 9.24. The van der Waals surface area contributed by atoms with Crippen LogP contribution in [0.5, 0.6) is 0 Å². The van der Waals surface area contributed by atoms with Gasteiger partial charge in [-0.05, 0) is 42.0 Å². The largest absolute Gasteiger partial charge is 0.378 e. The smallest absolute Gasteiger partial charge is 0.258 e. The SMILES string of the molecule is C=C(c1ccc(C(=O)Nc2ccccc2C(=O)Nc2ccc(Cl)cn2)cc1)N(C)C. The first kappa shape index (κ1) is 21.1. The van der Waals surface area contributed by atoms with E-state index in [0.29, 0.717) is 27.7 Å². The van der Waals surface area contributed by atoms with E-state index in [2.05, 4.69) is 22.2 Å². The lowest BCUT2D eigenvalue weighted by Gasteiger charge is -2.16. The number of carbonyl (C=O) groups is 2.